The number of esters is 1. The molecule has 2 aromatic carbocycles. The molecular formula is C21H24N2O5. The Hall–Kier alpha value is -3.35. The van der Waals surface area contributed by atoms with E-state index in [1.807, 2.05) is 13.0 Å². The number of hydrogen-bond donors (Lipinski definition) is 2. The Bertz CT molecular complexity index is 865. The summed E-state index contributed by atoms with van der Waals surface area (Å²) >= 11 is 0. The van der Waals surface area contributed by atoms with Crippen molar-refractivity contribution in [1.29, 1.82) is 0 Å². The van der Waals surface area contributed by atoms with Crippen molar-refractivity contribution in [1.82, 2.24) is 5.32 Å². The van der Waals surface area contributed by atoms with E-state index in [1.54, 1.807) is 42.5 Å². The van der Waals surface area contributed by atoms with E-state index in [0.717, 1.165) is 5.56 Å². The van der Waals surface area contributed by atoms with Crippen LogP contribution in [-0.2, 0) is 14.3 Å². The van der Waals surface area contributed by atoms with Crippen LogP contribution in [0.1, 0.15) is 29.8 Å². The molecule has 0 bridgehead atoms. The van der Waals surface area contributed by atoms with Gasteiger partial charge in [0.15, 0.2) is 6.10 Å². The number of ether oxygens (including phenoxy) is 2. The maximum atomic E-state index is 12.2. The molecule has 148 valence electrons. The van der Waals surface area contributed by atoms with Crippen LogP contribution in [0.25, 0.3) is 0 Å². The van der Waals surface area contributed by atoms with Gasteiger partial charge in [-0.3, -0.25) is 9.59 Å². The minimum atomic E-state index is -1.03. The average molecular weight is 384 g/mol. The number of aryl methyl sites for hydroxylation is 1. The van der Waals surface area contributed by atoms with Crippen molar-refractivity contribution in [2.75, 3.05) is 12.4 Å². The zero-order valence-electron chi connectivity index (χ0n) is 16.3. The summed E-state index contributed by atoms with van der Waals surface area (Å²) in [4.78, 5) is 36.7. The zero-order valence-corrected chi connectivity index (χ0v) is 16.3. The van der Waals surface area contributed by atoms with Crippen molar-refractivity contribution in [3.05, 3.63) is 59.7 Å². The minimum absolute atomic E-state index is 0.387. The lowest BCUT2D eigenvalue weighted by Crippen LogP contribution is -2.42. The second-order valence-corrected chi connectivity index (χ2v) is 6.36. The number of carbonyl (C=O) groups is 3. The monoisotopic (exact) mass is 384 g/mol. The van der Waals surface area contributed by atoms with Crippen molar-refractivity contribution in [2.24, 2.45) is 0 Å². The van der Waals surface area contributed by atoms with Gasteiger partial charge in [-0.05, 0) is 45.0 Å². The summed E-state index contributed by atoms with van der Waals surface area (Å²) in [5.74, 6) is -0.982. The summed E-state index contributed by atoms with van der Waals surface area (Å²) in [6.07, 6.45) is -1.03. The van der Waals surface area contributed by atoms with E-state index < -0.39 is 24.0 Å². The van der Waals surface area contributed by atoms with Gasteiger partial charge in [0.25, 0.3) is 11.8 Å². The molecule has 2 atom stereocenters. The number of carbonyl (C=O) groups excluding carboxylic acids is 3. The number of methoxy groups -OCH3 is 1. The lowest BCUT2D eigenvalue weighted by molar-refractivity contribution is -0.154. The third-order valence-electron chi connectivity index (χ3n) is 3.98. The Kier molecular flexibility index (Phi) is 7.14. The fraction of sp³-hybridized carbons (Fsp3) is 0.286. The Morgan fingerprint density at radius 2 is 1.71 bits per heavy atom. The molecular weight excluding hydrogens is 360 g/mol. The molecule has 2 aromatic rings. The van der Waals surface area contributed by atoms with Gasteiger partial charge in [0.2, 0.25) is 0 Å². The van der Waals surface area contributed by atoms with Gasteiger partial charge in [-0.1, -0.05) is 23.8 Å². The predicted octanol–water partition coefficient (Wildman–Crippen LogP) is 2.69. The van der Waals surface area contributed by atoms with Gasteiger partial charge in [-0.25, -0.2) is 4.79 Å². The van der Waals surface area contributed by atoms with Crippen molar-refractivity contribution >= 4 is 23.5 Å². The molecule has 28 heavy (non-hydrogen) atoms. The molecule has 0 saturated heterocycles. The van der Waals surface area contributed by atoms with Gasteiger partial charge in [-0.15, -0.1) is 0 Å². The summed E-state index contributed by atoms with van der Waals surface area (Å²) in [5, 5.41) is 5.22. The molecule has 2 amide bonds. The maximum Gasteiger partial charge on any atom is 0.329 e. The first-order chi connectivity index (χ1) is 13.3. The number of rotatable bonds is 7. The second kappa shape index (κ2) is 9.55. The van der Waals surface area contributed by atoms with Crippen LogP contribution in [0.5, 0.6) is 5.75 Å². The van der Waals surface area contributed by atoms with Crippen LogP contribution in [0.2, 0.25) is 0 Å². The van der Waals surface area contributed by atoms with Crippen LogP contribution >= 0.6 is 0 Å². The van der Waals surface area contributed by atoms with E-state index in [1.165, 1.54) is 21.0 Å². The Morgan fingerprint density at radius 3 is 2.39 bits per heavy atom. The molecule has 0 aliphatic rings. The molecule has 0 radical (unpaired) electrons. The highest BCUT2D eigenvalue weighted by Gasteiger charge is 2.23. The molecule has 0 unspecified atom stereocenters. The third-order valence-corrected chi connectivity index (χ3v) is 3.98. The number of anilines is 1. The number of amides is 2. The number of benzene rings is 2. The largest absolute Gasteiger partial charge is 0.497 e. The van der Waals surface area contributed by atoms with Crippen LogP contribution in [0.3, 0.4) is 0 Å². The van der Waals surface area contributed by atoms with E-state index in [-0.39, 0.29) is 5.91 Å². The van der Waals surface area contributed by atoms with E-state index in [9.17, 15) is 14.4 Å². The molecule has 0 fully saturated rings. The Morgan fingerprint density at radius 1 is 1.00 bits per heavy atom. The maximum absolute atomic E-state index is 12.2. The highest BCUT2D eigenvalue weighted by molar-refractivity contribution is 5.98. The Labute approximate surface area is 164 Å². The molecule has 0 aromatic heterocycles. The zero-order chi connectivity index (χ0) is 20.7. The van der Waals surface area contributed by atoms with Gasteiger partial charge in [-0.2, -0.15) is 0 Å². The van der Waals surface area contributed by atoms with E-state index in [2.05, 4.69) is 10.6 Å². The van der Waals surface area contributed by atoms with Crippen LogP contribution in [0.15, 0.2) is 48.5 Å². The van der Waals surface area contributed by atoms with Crippen molar-refractivity contribution in [3.63, 3.8) is 0 Å². The topological polar surface area (TPSA) is 93.7 Å². The minimum Gasteiger partial charge on any atom is -0.497 e. The smallest absolute Gasteiger partial charge is 0.329 e. The summed E-state index contributed by atoms with van der Waals surface area (Å²) in [6.45, 7) is 4.84. The quantitative estimate of drug-likeness (QED) is 0.716. The van der Waals surface area contributed by atoms with Crippen molar-refractivity contribution < 1.29 is 23.9 Å². The highest BCUT2D eigenvalue weighted by atomic mass is 16.5. The average Bonchev–Trinajstić information content (AvgIpc) is 2.67. The standard InChI is InChI=1S/C21H24N2O5/c1-13-7-5-8-16(11-13)20(25)22-14(2)21(26)28-15(3)19(24)23-17-9-6-10-18(12-17)27-4/h5-12,14-15H,1-4H3,(H,22,25)(H,23,24)/t14-,15-/m0/s1. The van der Waals surface area contributed by atoms with Gasteiger partial charge in [0.05, 0.1) is 7.11 Å². The Balaban J connectivity index is 1.89. The van der Waals surface area contributed by atoms with Crippen molar-refractivity contribution in [2.45, 2.75) is 32.9 Å². The van der Waals surface area contributed by atoms with E-state index in [0.29, 0.717) is 17.0 Å². The van der Waals surface area contributed by atoms with Crippen LogP contribution < -0.4 is 15.4 Å². The second-order valence-electron chi connectivity index (χ2n) is 6.36. The SMILES string of the molecule is COc1cccc(NC(=O)[C@H](C)OC(=O)[C@H](C)NC(=O)c2cccc(C)c2)c1. The summed E-state index contributed by atoms with van der Waals surface area (Å²) in [6, 6.07) is 12.9. The fourth-order valence-electron chi connectivity index (χ4n) is 2.40. The molecule has 0 heterocycles. The van der Waals surface area contributed by atoms with Gasteiger partial charge in [0.1, 0.15) is 11.8 Å². The summed E-state index contributed by atoms with van der Waals surface area (Å²) in [5.41, 5.74) is 1.90. The predicted molar refractivity (Wildman–Crippen MR) is 105 cm³/mol. The fourth-order valence-corrected chi connectivity index (χ4v) is 2.40. The lowest BCUT2D eigenvalue weighted by Gasteiger charge is -2.18. The van der Waals surface area contributed by atoms with Crippen molar-refractivity contribution in [3.8, 4) is 5.75 Å². The molecule has 7 heteroatoms. The van der Waals surface area contributed by atoms with Gasteiger partial charge >= 0.3 is 5.97 Å². The molecule has 0 saturated carbocycles. The molecule has 0 spiro atoms. The number of hydrogen-bond acceptors (Lipinski definition) is 5. The van der Waals surface area contributed by atoms with Gasteiger partial charge < -0.3 is 20.1 Å². The third kappa shape index (κ3) is 5.84. The van der Waals surface area contributed by atoms with Crippen LogP contribution in [0, 0.1) is 6.92 Å². The molecule has 2 rings (SSSR count). The summed E-state index contributed by atoms with van der Waals surface area (Å²) < 4.78 is 10.3. The normalized spacial score (nSPS) is 12.4. The van der Waals surface area contributed by atoms with Crippen LogP contribution in [-0.4, -0.2) is 37.0 Å². The molecule has 7 nitrogen and oxygen atoms in total. The first kappa shape index (κ1) is 21.0. The van der Waals surface area contributed by atoms with Gasteiger partial charge in [0, 0.05) is 17.3 Å². The summed E-state index contributed by atoms with van der Waals surface area (Å²) in [7, 11) is 1.53. The molecule has 0 aliphatic heterocycles. The molecule has 0 aliphatic carbocycles. The first-order valence-corrected chi connectivity index (χ1v) is 8.83. The van der Waals surface area contributed by atoms with Crippen LogP contribution in [0.4, 0.5) is 5.69 Å². The first-order valence-electron chi connectivity index (χ1n) is 8.83. The van der Waals surface area contributed by atoms with E-state index in [4.69, 9.17) is 9.47 Å². The highest BCUT2D eigenvalue weighted by Crippen LogP contribution is 2.17. The molecule has 2 N–H and O–H groups in total. The number of nitrogens with one attached hydrogen (secondary N) is 2. The lowest BCUT2D eigenvalue weighted by atomic mass is 10.1. The van der Waals surface area contributed by atoms with E-state index >= 15 is 0 Å².